The van der Waals surface area contributed by atoms with Gasteiger partial charge in [0.2, 0.25) is 12.7 Å². The largest absolute Gasteiger partial charge is 0.454 e. The van der Waals surface area contributed by atoms with Gasteiger partial charge in [0.25, 0.3) is 0 Å². The Morgan fingerprint density at radius 1 is 1.07 bits per heavy atom. The molecule has 3 heterocycles. The molecule has 6 heteroatoms. The van der Waals surface area contributed by atoms with E-state index in [0.717, 1.165) is 27.7 Å². The summed E-state index contributed by atoms with van der Waals surface area (Å²) in [7, 11) is 0. The average Bonchev–Trinajstić information content (AvgIpc) is 3.43. The Balaban J connectivity index is 1.39. The Kier molecular flexibility index (Phi) is 4.81. The van der Waals surface area contributed by atoms with E-state index >= 15 is 0 Å². The van der Waals surface area contributed by atoms with Crippen LogP contribution >= 0.6 is 0 Å². The van der Waals surface area contributed by atoms with Crippen molar-refractivity contribution in [3.8, 4) is 11.5 Å². The molecule has 1 aliphatic heterocycles. The van der Waals surface area contributed by atoms with Gasteiger partial charge in [-0.3, -0.25) is 9.78 Å². The van der Waals surface area contributed by atoms with Crippen molar-refractivity contribution in [2.75, 3.05) is 11.7 Å². The molecule has 0 saturated heterocycles. The summed E-state index contributed by atoms with van der Waals surface area (Å²) in [5.74, 6) is 1.41. The summed E-state index contributed by atoms with van der Waals surface area (Å²) in [5.41, 5.74) is 3.98. The predicted molar refractivity (Wildman–Crippen MR) is 115 cm³/mol. The first-order valence-electron chi connectivity index (χ1n) is 9.92. The van der Waals surface area contributed by atoms with Crippen molar-refractivity contribution in [1.82, 2.24) is 9.97 Å². The number of carbonyl (C=O) groups is 1. The number of ether oxygens (including phenoxy) is 2. The molecule has 0 radical (unpaired) electrons. The molecule has 0 aliphatic carbocycles. The van der Waals surface area contributed by atoms with Crippen molar-refractivity contribution in [1.29, 1.82) is 0 Å². The molecule has 2 aromatic heterocycles. The van der Waals surface area contributed by atoms with E-state index in [1.165, 1.54) is 0 Å². The second kappa shape index (κ2) is 7.91. The average molecular weight is 399 g/mol. The van der Waals surface area contributed by atoms with Crippen molar-refractivity contribution in [3.63, 3.8) is 0 Å². The van der Waals surface area contributed by atoms with Gasteiger partial charge in [-0.15, -0.1) is 0 Å². The van der Waals surface area contributed by atoms with Crippen LogP contribution in [0.2, 0.25) is 0 Å². The molecule has 0 fully saturated rings. The lowest BCUT2D eigenvalue weighted by atomic mass is 10.1. The maximum atomic E-state index is 13.3. The Labute approximate surface area is 174 Å². The van der Waals surface area contributed by atoms with Crippen LogP contribution in [0.15, 0.2) is 73.2 Å². The molecule has 1 amide bonds. The Morgan fingerprint density at radius 2 is 1.97 bits per heavy atom. The number of hydrogen-bond donors (Lipinski definition) is 1. The van der Waals surface area contributed by atoms with Gasteiger partial charge in [-0.2, -0.15) is 0 Å². The number of hydrogen-bond acceptors (Lipinski definition) is 4. The molecule has 150 valence electrons. The number of nitrogens with zero attached hydrogens (tertiary/aromatic N) is 2. The van der Waals surface area contributed by atoms with Gasteiger partial charge in [0.05, 0.1) is 6.54 Å². The van der Waals surface area contributed by atoms with E-state index in [2.05, 4.69) is 16.0 Å². The number of carbonyl (C=O) groups excluding carboxylic acids is 1. The highest BCUT2D eigenvalue weighted by Gasteiger charge is 2.21. The van der Waals surface area contributed by atoms with E-state index in [0.29, 0.717) is 30.9 Å². The van der Waals surface area contributed by atoms with Gasteiger partial charge in [-0.05, 0) is 41.8 Å². The van der Waals surface area contributed by atoms with Crippen LogP contribution in [-0.4, -0.2) is 22.7 Å². The summed E-state index contributed by atoms with van der Waals surface area (Å²) < 4.78 is 10.9. The number of aryl methyl sites for hydroxylation is 1. The standard InChI is InChI=1S/C24H21N3O3/c28-24(10-7-18-14-26-21-6-2-1-5-20(18)21)27(15-17-4-3-11-25-13-17)19-8-9-22-23(12-19)30-16-29-22/h1-6,8-9,11-14,26H,7,10,15-16H2. The number of H-pyrrole nitrogens is 1. The molecule has 30 heavy (non-hydrogen) atoms. The van der Waals surface area contributed by atoms with Crippen LogP contribution in [0.4, 0.5) is 5.69 Å². The Morgan fingerprint density at radius 3 is 2.87 bits per heavy atom. The van der Waals surface area contributed by atoms with E-state index in [1.807, 2.05) is 54.7 Å². The monoisotopic (exact) mass is 399 g/mol. The minimum atomic E-state index is 0.0444. The van der Waals surface area contributed by atoms with Crippen LogP contribution in [-0.2, 0) is 17.8 Å². The van der Waals surface area contributed by atoms with Crippen LogP contribution in [0.1, 0.15) is 17.5 Å². The van der Waals surface area contributed by atoms with Crippen LogP contribution in [0.25, 0.3) is 10.9 Å². The maximum absolute atomic E-state index is 13.3. The molecule has 0 unspecified atom stereocenters. The number of rotatable bonds is 6. The molecule has 0 saturated carbocycles. The maximum Gasteiger partial charge on any atom is 0.231 e. The molecule has 6 nitrogen and oxygen atoms in total. The molecule has 1 aliphatic rings. The fraction of sp³-hybridized carbons (Fsp3) is 0.167. The zero-order valence-corrected chi connectivity index (χ0v) is 16.4. The van der Waals surface area contributed by atoms with E-state index in [-0.39, 0.29) is 12.7 Å². The minimum absolute atomic E-state index is 0.0444. The second-order valence-corrected chi connectivity index (χ2v) is 7.24. The molecular formula is C24H21N3O3. The van der Waals surface area contributed by atoms with Gasteiger partial charge in [0.15, 0.2) is 11.5 Å². The fourth-order valence-corrected chi connectivity index (χ4v) is 3.77. The first kappa shape index (κ1) is 18.2. The second-order valence-electron chi connectivity index (χ2n) is 7.24. The number of pyridine rings is 1. The van der Waals surface area contributed by atoms with E-state index in [1.54, 1.807) is 17.3 Å². The molecule has 5 rings (SSSR count). The van der Waals surface area contributed by atoms with Crippen molar-refractivity contribution in [2.45, 2.75) is 19.4 Å². The van der Waals surface area contributed by atoms with E-state index < -0.39 is 0 Å². The predicted octanol–water partition coefficient (Wildman–Crippen LogP) is 4.46. The highest BCUT2D eigenvalue weighted by atomic mass is 16.7. The third-order valence-electron chi connectivity index (χ3n) is 5.32. The summed E-state index contributed by atoms with van der Waals surface area (Å²) in [6.07, 6.45) is 6.57. The van der Waals surface area contributed by atoms with E-state index in [4.69, 9.17) is 9.47 Å². The lowest BCUT2D eigenvalue weighted by Gasteiger charge is -2.23. The summed E-state index contributed by atoms with van der Waals surface area (Å²) in [4.78, 5) is 22.5. The third-order valence-corrected chi connectivity index (χ3v) is 5.32. The number of nitrogens with one attached hydrogen (secondary N) is 1. The lowest BCUT2D eigenvalue weighted by Crippen LogP contribution is -2.30. The first-order valence-corrected chi connectivity index (χ1v) is 9.92. The molecule has 1 N–H and O–H groups in total. The summed E-state index contributed by atoms with van der Waals surface area (Å²) >= 11 is 0. The zero-order valence-electron chi connectivity index (χ0n) is 16.4. The number of benzene rings is 2. The molecule has 0 bridgehead atoms. The Bertz CT molecular complexity index is 1190. The van der Waals surface area contributed by atoms with Gasteiger partial charge < -0.3 is 19.4 Å². The summed E-state index contributed by atoms with van der Waals surface area (Å²) in [5, 5.41) is 1.16. The molecule has 0 spiro atoms. The highest BCUT2D eigenvalue weighted by Crippen LogP contribution is 2.36. The number of aromatic amines is 1. The minimum Gasteiger partial charge on any atom is -0.454 e. The highest BCUT2D eigenvalue weighted by molar-refractivity contribution is 5.94. The molecular weight excluding hydrogens is 378 g/mol. The molecule has 0 atom stereocenters. The Hall–Kier alpha value is -3.80. The van der Waals surface area contributed by atoms with Crippen molar-refractivity contribution < 1.29 is 14.3 Å². The SMILES string of the molecule is O=C(CCc1c[nH]c2ccccc12)N(Cc1cccnc1)c1ccc2c(c1)OCO2. The number of amides is 1. The van der Waals surface area contributed by atoms with Crippen molar-refractivity contribution >= 4 is 22.5 Å². The van der Waals surface area contributed by atoms with Gasteiger partial charge in [-0.25, -0.2) is 0 Å². The van der Waals surface area contributed by atoms with Crippen molar-refractivity contribution in [2.24, 2.45) is 0 Å². The summed E-state index contributed by atoms with van der Waals surface area (Å²) in [6, 6.07) is 17.6. The molecule has 4 aromatic rings. The topological polar surface area (TPSA) is 67.5 Å². The number of aromatic nitrogens is 2. The van der Waals surface area contributed by atoms with Gasteiger partial charge in [-0.1, -0.05) is 24.3 Å². The number of fused-ring (bicyclic) bond motifs is 2. The van der Waals surface area contributed by atoms with E-state index in [9.17, 15) is 4.79 Å². The fourth-order valence-electron chi connectivity index (χ4n) is 3.77. The molecule has 2 aromatic carbocycles. The lowest BCUT2D eigenvalue weighted by molar-refractivity contribution is -0.118. The quantitative estimate of drug-likeness (QED) is 0.520. The van der Waals surface area contributed by atoms with Crippen LogP contribution in [0.3, 0.4) is 0 Å². The van der Waals surface area contributed by atoms with Gasteiger partial charge in [0, 0.05) is 47.7 Å². The number of anilines is 1. The third kappa shape index (κ3) is 3.59. The normalized spacial score (nSPS) is 12.3. The van der Waals surface area contributed by atoms with Crippen LogP contribution in [0, 0.1) is 0 Å². The van der Waals surface area contributed by atoms with Gasteiger partial charge in [0.1, 0.15) is 0 Å². The number of para-hydroxylation sites is 1. The summed E-state index contributed by atoms with van der Waals surface area (Å²) in [6.45, 7) is 0.649. The first-order chi connectivity index (χ1) is 14.8. The van der Waals surface area contributed by atoms with Crippen molar-refractivity contribution in [3.05, 3.63) is 84.3 Å². The zero-order chi connectivity index (χ0) is 20.3. The van der Waals surface area contributed by atoms with Gasteiger partial charge >= 0.3 is 0 Å². The van der Waals surface area contributed by atoms with Crippen LogP contribution < -0.4 is 14.4 Å². The van der Waals surface area contributed by atoms with Crippen LogP contribution in [0.5, 0.6) is 11.5 Å². The smallest absolute Gasteiger partial charge is 0.231 e.